The fourth-order valence-electron chi connectivity index (χ4n) is 0.962. The maximum absolute atomic E-state index is 11.0. The summed E-state index contributed by atoms with van der Waals surface area (Å²) in [6.07, 6.45) is 1.65. The zero-order chi connectivity index (χ0) is 11.8. The van der Waals surface area contributed by atoms with Crippen LogP contribution in [0.2, 0.25) is 0 Å². The van der Waals surface area contributed by atoms with E-state index in [2.05, 4.69) is 15.6 Å². The Hall–Kier alpha value is -1.69. The molecule has 0 aliphatic heterocycles. The Kier molecular flexibility index (Phi) is 5.21. The Morgan fingerprint density at radius 3 is 3.00 bits per heavy atom. The van der Waals surface area contributed by atoms with E-state index in [9.17, 15) is 4.79 Å². The minimum atomic E-state index is -0.340. The summed E-state index contributed by atoms with van der Waals surface area (Å²) in [6.45, 7) is 2.16. The normalized spacial score (nSPS) is 9.31. The highest BCUT2D eigenvalue weighted by Gasteiger charge is 2.02. The number of ether oxygens (including phenoxy) is 1. The average molecular weight is 239 g/mol. The van der Waals surface area contributed by atoms with E-state index in [1.807, 2.05) is 6.07 Å². The molecule has 5 nitrogen and oxygen atoms in total. The van der Waals surface area contributed by atoms with Crippen molar-refractivity contribution in [2.45, 2.75) is 6.92 Å². The fraction of sp³-hybridized carbons (Fsp3) is 0.300. The van der Waals surface area contributed by atoms with Gasteiger partial charge in [-0.15, -0.1) is 0 Å². The van der Waals surface area contributed by atoms with Crippen molar-refractivity contribution in [2.75, 3.05) is 18.5 Å². The molecule has 6 heteroatoms. The Morgan fingerprint density at radius 2 is 2.38 bits per heavy atom. The minimum absolute atomic E-state index is 0.0481. The van der Waals surface area contributed by atoms with Crippen molar-refractivity contribution in [1.82, 2.24) is 10.3 Å². The maximum atomic E-state index is 11.0. The van der Waals surface area contributed by atoms with Crippen LogP contribution in [0.25, 0.3) is 0 Å². The van der Waals surface area contributed by atoms with Crippen molar-refractivity contribution < 1.29 is 9.53 Å². The second-order valence-electron chi connectivity index (χ2n) is 2.83. The van der Waals surface area contributed by atoms with E-state index >= 15 is 0 Å². The van der Waals surface area contributed by atoms with Gasteiger partial charge in [-0.05, 0) is 31.3 Å². The first-order valence-corrected chi connectivity index (χ1v) is 5.24. The fourth-order valence-corrected chi connectivity index (χ4v) is 1.14. The van der Waals surface area contributed by atoms with Gasteiger partial charge >= 0.3 is 5.97 Å². The number of pyridine rings is 1. The second kappa shape index (κ2) is 6.73. The van der Waals surface area contributed by atoms with E-state index in [1.165, 1.54) is 0 Å². The molecule has 0 bridgehead atoms. The monoisotopic (exact) mass is 239 g/mol. The van der Waals surface area contributed by atoms with Crippen LogP contribution >= 0.6 is 12.2 Å². The lowest BCUT2D eigenvalue weighted by Gasteiger charge is -2.08. The highest BCUT2D eigenvalue weighted by Crippen LogP contribution is 1.98. The standard InChI is InChI=1S/C10H13N3O2S/c1-2-15-9(14)7-12-10(16)13-8-5-3-4-6-11-8/h3-6H,2,7H2,1H3,(H2,11,12,13,16). The number of hydrogen-bond donors (Lipinski definition) is 2. The van der Waals surface area contributed by atoms with Crippen molar-refractivity contribution >= 4 is 29.1 Å². The number of rotatable bonds is 4. The Bertz CT molecular complexity index is 356. The van der Waals surface area contributed by atoms with Crippen LogP contribution in [0.15, 0.2) is 24.4 Å². The van der Waals surface area contributed by atoms with Crippen molar-refractivity contribution in [3.05, 3.63) is 24.4 Å². The molecule has 0 aliphatic rings. The van der Waals surface area contributed by atoms with Crippen LogP contribution in [0.4, 0.5) is 5.82 Å². The van der Waals surface area contributed by atoms with Crippen LogP contribution < -0.4 is 10.6 Å². The predicted octanol–water partition coefficient (Wildman–Crippen LogP) is 0.931. The molecule has 0 aliphatic carbocycles. The van der Waals surface area contributed by atoms with Gasteiger partial charge in [-0.3, -0.25) is 4.79 Å². The summed E-state index contributed by atoms with van der Waals surface area (Å²) in [5.74, 6) is 0.288. The quantitative estimate of drug-likeness (QED) is 0.602. The molecule has 16 heavy (non-hydrogen) atoms. The van der Waals surface area contributed by atoms with E-state index in [0.29, 0.717) is 17.5 Å². The van der Waals surface area contributed by atoms with E-state index in [1.54, 1.807) is 25.3 Å². The van der Waals surface area contributed by atoms with Crippen molar-refractivity contribution in [2.24, 2.45) is 0 Å². The van der Waals surface area contributed by atoms with Crippen LogP contribution in [0.5, 0.6) is 0 Å². The summed E-state index contributed by atoms with van der Waals surface area (Å²) in [5.41, 5.74) is 0. The second-order valence-corrected chi connectivity index (χ2v) is 3.24. The van der Waals surface area contributed by atoms with Gasteiger partial charge in [-0.2, -0.15) is 0 Å². The summed E-state index contributed by atoms with van der Waals surface area (Å²) >= 11 is 4.97. The molecule has 0 radical (unpaired) electrons. The molecule has 1 heterocycles. The Morgan fingerprint density at radius 1 is 1.56 bits per heavy atom. The average Bonchev–Trinajstić information content (AvgIpc) is 2.28. The molecule has 1 aromatic heterocycles. The van der Waals surface area contributed by atoms with Gasteiger partial charge < -0.3 is 15.4 Å². The number of carbonyl (C=O) groups excluding carboxylic acids is 1. The Balaban J connectivity index is 2.29. The van der Waals surface area contributed by atoms with Gasteiger partial charge in [0.1, 0.15) is 12.4 Å². The molecule has 0 unspecified atom stereocenters. The molecule has 0 saturated heterocycles. The predicted molar refractivity (Wildman–Crippen MR) is 65.1 cm³/mol. The number of anilines is 1. The molecule has 1 aromatic rings. The lowest BCUT2D eigenvalue weighted by atomic mass is 10.5. The molecule has 2 N–H and O–H groups in total. The van der Waals surface area contributed by atoms with Crippen LogP contribution in [-0.4, -0.2) is 29.2 Å². The molecule has 1 rings (SSSR count). The highest BCUT2D eigenvalue weighted by molar-refractivity contribution is 7.80. The van der Waals surface area contributed by atoms with Crippen molar-refractivity contribution in [3.8, 4) is 0 Å². The molecule has 86 valence electrons. The zero-order valence-electron chi connectivity index (χ0n) is 8.90. The number of nitrogens with one attached hydrogen (secondary N) is 2. The number of esters is 1. The number of thiocarbonyl (C=S) groups is 1. The first-order valence-electron chi connectivity index (χ1n) is 4.84. The third kappa shape index (κ3) is 4.70. The molecule has 0 atom stereocenters. The SMILES string of the molecule is CCOC(=O)CNC(=S)Nc1ccccn1. The molecule has 0 aromatic carbocycles. The smallest absolute Gasteiger partial charge is 0.325 e. The summed E-state index contributed by atoms with van der Waals surface area (Å²) in [4.78, 5) is 15.0. The van der Waals surface area contributed by atoms with Crippen LogP contribution in [0.1, 0.15) is 6.92 Å². The lowest BCUT2D eigenvalue weighted by molar-refractivity contribution is -0.141. The molecular weight excluding hydrogens is 226 g/mol. The molecule has 0 fully saturated rings. The summed E-state index contributed by atoms with van der Waals surface area (Å²) in [7, 11) is 0. The van der Waals surface area contributed by atoms with E-state index in [4.69, 9.17) is 17.0 Å². The largest absolute Gasteiger partial charge is 0.465 e. The van der Waals surface area contributed by atoms with Gasteiger partial charge in [0.05, 0.1) is 6.61 Å². The van der Waals surface area contributed by atoms with Gasteiger partial charge in [-0.25, -0.2) is 4.98 Å². The zero-order valence-corrected chi connectivity index (χ0v) is 9.71. The van der Waals surface area contributed by atoms with Gasteiger partial charge in [0.25, 0.3) is 0 Å². The highest BCUT2D eigenvalue weighted by atomic mass is 32.1. The minimum Gasteiger partial charge on any atom is -0.465 e. The number of carbonyl (C=O) groups is 1. The third-order valence-corrected chi connectivity index (χ3v) is 1.85. The number of nitrogens with zero attached hydrogens (tertiary/aromatic N) is 1. The van der Waals surface area contributed by atoms with Crippen LogP contribution in [-0.2, 0) is 9.53 Å². The van der Waals surface area contributed by atoms with Gasteiger partial charge in [0.2, 0.25) is 0 Å². The van der Waals surface area contributed by atoms with Crippen molar-refractivity contribution in [1.29, 1.82) is 0 Å². The number of hydrogen-bond acceptors (Lipinski definition) is 4. The first kappa shape index (κ1) is 12.4. The first-order chi connectivity index (χ1) is 7.72. The van der Waals surface area contributed by atoms with Crippen molar-refractivity contribution in [3.63, 3.8) is 0 Å². The lowest BCUT2D eigenvalue weighted by Crippen LogP contribution is -2.34. The van der Waals surface area contributed by atoms with Gasteiger partial charge in [0.15, 0.2) is 5.11 Å². The van der Waals surface area contributed by atoms with Crippen LogP contribution in [0, 0.1) is 0 Å². The van der Waals surface area contributed by atoms with Crippen LogP contribution in [0.3, 0.4) is 0 Å². The Labute approximate surface area is 99.2 Å². The number of aromatic nitrogens is 1. The molecule has 0 spiro atoms. The molecule has 0 saturated carbocycles. The maximum Gasteiger partial charge on any atom is 0.325 e. The topological polar surface area (TPSA) is 63.2 Å². The van der Waals surface area contributed by atoms with Gasteiger partial charge in [0, 0.05) is 6.20 Å². The van der Waals surface area contributed by atoms with E-state index in [0.717, 1.165) is 0 Å². The summed E-state index contributed by atoms with van der Waals surface area (Å²) in [6, 6.07) is 5.42. The van der Waals surface area contributed by atoms with E-state index in [-0.39, 0.29) is 12.5 Å². The van der Waals surface area contributed by atoms with E-state index < -0.39 is 0 Å². The summed E-state index contributed by atoms with van der Waals surface area (Å²) < 4.78 is 4.74. The molecular formula is C10H13N3O2S. The summed E-state index contributed by atoms with van der Waals surface area (Å²) in [5, 5.41) is 5.90. The van der Waals surface area contributed by atoms with Gasteiger partial charge in [-0.1, -0.05) is 6.07 Å². The third-order valence-electron chi connectivity index (χ3n) is 1.61. The molecule has 0 amide bonds.